The van der Waals surface area contributed by atoms with Gasteiger partial charge in [0.2, 0.25) is 0 Å². The number of imide groups is 2. The van der Waals surface area contributed by atoms with Crippen LogP contribution in [-0.4, -0.2) is 66.5 Å². The molecule has 7 nitrogen and oxygen atoms in total. The second kappa shape index (κ2) is 6.52. The monoisotopic (exact) mass is 309 g/mol. The maximum Gasteiger partial charge on any atom is 0.335 e. The number of amides is 4. The topological polar surface area (TPSA) is 70.2 Å². The summed E-state index contributed by atoms with van der Waals surface area (Å²) in [6, 6.07) is 5.10. The first kappa shape index (κ1) is 15.9. The van der Waals surface area contributed by atoms with Gasteiger partial charge in [0, 0.05) is 19.7 Å². The highest BCUT2D eigenvalue weighted by atomic mass is 19.1. The molecule has 1 aliphatic rings. The van der Waals surface area contributed by atoms with E-state index in [1.54, 1.807) is 18.0 Å². The van der Waals surface area contributed by atoms with Gasteiger partial charge in [0.1, 0.15) is 18.2 Å². The van der Waals surface area contributed by atoms with Crippen molar-refractivity contribution >= 4 is 17.8 Å². The Morgan fingerprint density at radius 3 is 2.55 bits per heavy atom. The van der Waals surface area contributed by atoms with Crippen LogP contribution >= 0.6 is 0 Å². The lowest BCUT2D eigenvalue weighted by Crippen LogP contribution is -2.41. The van der Waals surface area contributed by atoms with Gasteiger partial charge in [0.05, 0.1) is 6.67 Å². The van der Waals surface area contributed by atoms with Gasteiger partial charge in [-0.25, -0.2) is 14.1 Å². The van der Waals surface area contributed by atoms with E-state index in [2.05, 4.69) is 0 Å². The first-order valence-electron chi connectivity index (χ1n) is 6.60. The second-order valence-electron chi connectivity index (χ2n) is 4.91. The zero-order valence-corrected chi connectivity index (χ0v) is 12.3. The molecule has 1 saturated heterocycles. The third-order valence-electron chi connectivity index (χ3n) is 3.17. The van der Waals surface area contributed by atoms with Crippen LogP contribution in [0.4, 0.5) is 9.18 Å². The number of ether oxygens (including phenoxy) is 1. The quantitative estimate of drug-likeness (QED) is 0.566. The fourth-order valence-electron chi connectivity index (χ4n) is 1.93. The van der Waals surface area contributed by atoms with Crippen molar-refractivity contribution in [1.29, 1.82) is 0 Å². The van der Waals surface area contributed by atoms with E-state index >= 15 is 0 Å². The minimum atomic E-state index is -0.842. The lowest BCUT2D eigenvalue weighted by molar-refractivity contribution is -0.143. The number of carbonyl (C=O) groups excluding carboxylic acids is 3. The summed E-state index contributed by atoms with van der Waals surface area (Å²) in [7, 11) is 2.94. The largest absolute Gasteiger partial charge is 0.492 e. The Morgan fingerprint density at radius 1 is 1.23 bits per heavy atom. The predicted octanol–water partition coefficient (Wildman–Crippen LogP) is 0.514. The van der Waals surface area contributed by atoms with Crippen LogP contribution < -0.4 is 4.74 Å². The number of rotatable bonds is 6. The van der Waals surface area contributed by atoms with Crippen molar-refractivity contribution in [2.45, 2.75) is 0 Å². The van der Waals surface area contributed by atoms with Crippen molar-refractivity contribution in [3.8, 4) is 5.75 Å². The van der Waals surface area contributed by atoms with Crippen LogP contribution in [-0.2, 0) is 9.59 Å². The molecule has 0 aliphatic carbocycles. The maximum absolute atomic E-state index is 13.0. The first-order valence-corrected chi connectivity index (χ1v) is 6.60. The zero-order chi connectivity index (χ0) is 16.3. The molecule has 0 bridgehead atoms. The molecule has 1 aromatic rings. The maximum atomic E-state index is 13.0. The van der Waals surface area contributed by atoms with E-state index in [1.807, 2.05) is 0 Å². The Hall–Kier alpha value is -2.48. The molecule has 1 fully saturated rings. The lowest BCUT2D eigenvalue weighted by atomic mass is 10.3. The summed E-state index contributed by atoms with van der Waals surface area (Å²) < 4.78 is 18.3. The first-order chi connectivity index (χ1) is 10.4. The van der Waals surface area contributed by atoms with Crippen molar-refractivity contribution in [2.75, 3.05) is 33.9 Å². The van der Waals surface area contributed by atoms with Gasteiger partial charge < -0.3 is 4.74 Å². The number of halogens is 1. The van der Waals surface area contributed by atoms with Crippen molar-refractivity contribution in [3.05, 3.63) is 30.1 Å². The molecular formula is C14H16FN3O4. The Morgan fingerprint density at radius 2 is 1.95 bits per heavy atom. The molecule has 0 aromatic heterocycles. The number of benzene rings is 1. The summed E-state index contributed by atoms with van der Waals surface area (Å²) in [4.78, 5) is 38.0. The summed E-state index contributed by atoms with van der Waals surface area (Å²) in [6.07, 6.45) is 0. The van der Waals surface area contributed by atoms with Gasteiger partial charge in [-0.15, -0.1) is 0 Å². The molecule has 1 aliphatic heterocycles. The number of nitrogens with zero attached hydrogens (tertiary/aromatic N) is 3. The summed E-state index contributed by atoms with van der Waals surface area (Å²) in [5, 5.41) is 0. The summed E-state index contributed by atoms with van der Waals surface area (Å²) in [6.45, 7) is 0.631. The molecular weight excluding hydrogens is 293 g/mol. The molecule has 0 radical (unpaired) electrons. The van der Waals surface area contributed by atoms with Gasteiger partial charge in [0.15, 0.2) is 0 Å². The van der Waals surface area contributed by atoms with E-state index < -0.39 is 17.8 Å². The van der Waals surface area contributed by atoms with E-state index in [-0.39, 0.29) is 19.1 Å². The fourth-order valence-corrected chi connectivity index (χ4v) is 1.93. The molecule has 0 unspecified atom stereocenters. The minimum absolute atomic E-state index is 0.0136. The SMILES string of the molecule is CN(CCOc1cccc(F)c1)CN1C(=O)C(=O)N(C)C1=O. The van der Waals surface area contributed by atoms with Gasteiger partial charge in [-0.05, 0) is 19.2 Å². The van der Waals surface area contributed by atoms with E-state index in [1.165, 1.54) is 25.2 Å². The standard InChI is InChI=1S/C14H16FN3O4/c1-16(6-7-22-11-5-3-4-10(15)8-11)9-18-13(20)12(19)17(2)14(18)21/h3-5,8H,6-7,9H2,1-2H3. The van der Waals surface area contributed by atoms with Crippen LogP contribution in [0.5, 0.6) is 5.75 Å². The number of hydrogen-bond acceptors (Lipinski definition) is 5. The Balaban J connectivity index is 1.81. The molecule has 8 heteroatoms. The predicted molar refractivity (Wildman–Crippen MR) is 74.4 cm³/mol. The smallest absolute Gasteiger partial charge is 0.335 e. The van der Waals surface area contributed by atoms with Crippen LogP contribution in [0.1, 0.15) is 0 Å². The zero-order valence-electron chi connectivity index (χ0n) is 12.3. The Bertz CT molecular complexity index is 608. The highest BCUT2D eigenvalue weighted by Crippen LogP contribution is 2.12. The Labute approximate surface area is 126 Å². The van der Waals surface area contributed by atoms with Gasteiger partial charge in [-0.3, -0.25) is 19.4 Å². The van der Waals surface area contributed by atoms with Crippen molar-refractivity contribution in [2.24, 2.45) is 0 Å². The van der Waals surface area contributed by atoms with Crippen molar-refractivity contribution in [3.63, 3.8) is 0 Å². The summed E-state index contributed by atoms with van der Waals surface area (Å²) in [5.74, 6) is -1.67. The Kier molecular flexibility index (Phi) is 4.71. The minimum Gasteiger partial charge on any atom is -0.492 e. The van der Waals surface area contributed by atoms with Crippen molar-refractivity contribution in [1.82, 2.24) is 14.7 Å². The summed E-state index contributed by atoms with van der Waals surface area (Å²) in [5.41, 5.74) is 0. The van der Waals surface area contributed by atoms with E-state index in [0.29, 0.717) is 12.3 Å². The van der Waals surface area contributed by atoms with Crippen LogP contribution in [0.25, 0.3) is 0 Å². The molecule has 1 aromatic carbocycles. The highest BCUT2D eigenvalue weighted by Gasteiger charge is 2.42. The van der Waals surface area contributed by atoms with Crippen LogP contribution in [0.3, 0.4) is 0 Å². The van der Waals surface area contributed by atoms with Crippen LogP contribution in [0, 0.1) is 5.82 Å². The average Bonchev–Trinajstić information content (AvgIpc) is 2.65. The number of hydrogen-bond donors (Lipinski definition) is 0. The van der Waals surface area contributed by atoms with Crippen molar-refractivity contribution < 1.29 is 23.5 Å². The number of likely N-dealkylation sites (N-methyl/N-ethyl adjacent to an activating group) is 2. The normalized spacial score (nSPS) is 15.2. The molecule has 118 valence electrons. The van der Waals surface area contributed by atoms with Gasteiger partial charge in [0.25, 0.3) is 0 Å². The molecule has 4 amide bonds. The van der Waals surface area contributed by atoms with Gasteiger partial charge in [-0.1, -0.05) is 6.07 Å². The van der Waals surface area contributed by atoms with Gasteiger partial charge in [-0.2, -0.15) is 0 Å². The molecule has 0 saturated carbocycles. The van der Waals surface area contributed by atoms with E-state index in [9.17, 15) is 18.8 Å². The van der Waals surface area contributed by atoms with E-state index in [0.717, 1.165) is 9.80 Å². The van der Waals surface area contributed by atoms with Crippen LogP contribution in [0.2, 0.25) is 0 Å². The molecule has 0 spiro atoms. The number of carbonyl (C=O) groups is 3. The van der Waals surface area contributed by atoms with Gasteiger partial charge >= 0.3 is 17.8 Å². The molecule has 1 heterocycles. The average molecular weight is 309 g/mol. The van der Waals surface area contributed by atoms with Crippen LogP contribution in [0.15, 0.2) is 24.3 Å². The molecule has 0 N–H and O–H groups in total. The third kappa shape index (κ3) is 3.40. The highest BCUT2D eigenvalue weighted by molar-refractivity contribution is 6.44. The molecule has 2 rings (SSSR count). The molecule has 0 atom stereocenters. The van der Waals surface area contributed by atoms with E-state index in [4.69, 9.17) is 4.74 Å². The lowest BCUT2D eigenvalue weighted by Gasteiger charge is -2.21. The third-order valence-corrected chi connectivity index (χ3v) is 3.17. The number of urea groups is 1. The second-order valence-corrected chi connectivity index (χ2v) is 4.91. The fraction of sp³-hybridized carbons (Fsp3) is 0.357. The summed E-state index contributed by atoms with van der Waals surface area (Å²) >= 11 is 0. The molecule has 22 heavy (non-hydrogen) atoms.